The van der Waals surface area contributed by atoms with Crippen molar-refractivity contribution < 1.29 is 4.79 Å². The van der Waals surface area contributed by atoms with Crippen LogP contribution >= 0.6 is 0 Å². The highest BCUT2D eigenvalue weighted by molar-refractivity contribution is 5.49. The van der Waals surface area contributed by atoms with Gasteiger partial charge in [0.05, 0.1) is 0 Å². The summed E-state index contributed by atoms with van der Waals surface area (Å²) >= 11 is 0. The fourth-order valence-corrected chi connectivity index (χ4v) is 2.02. The first-order valence-corrected chi connectivity index (χ1v) is 7.40. The van der Waals surface area contributed by atoms with Crippen molar-refractivity contribution in [3.63, 3.8) is 0 Å². The molecular formula is C16H30O. The Hall–Kier alpha value is -0.590. The molecule has 0 N–H and O–H groups in total. The minimum absolute atomic E-state index is 0.711. The van der Waals surface area contributed by atoms with E-state index in [2.05, 4.69) is 19.9 Å². The molecule has 0 saturated heterocycles. The van der Waals surface area contributed by atoms with Crippen molar-refractivity contribution in [2.24, 2.45) is 0 Å². The van der Waals surface area contributed by atoms with Crippen LogP contribution in [0.2, 0.25) is 0 Å². The highest BCUT2D eigenvalue weighted by Gasteiger charge is 1.92. The minimum atomic E-state index is 0.711. The van der Waals surface area contributed by atoms with E-state index in [-0.39, 0.29) is 0 Å². The molecule has 0 saturated carbocycles. The highest BCUT2D eigenvalue weighted by atomic mass is 16.1. The molecule has 0 unspecified atom stereocenters. The molecule has 0 aliphatic carbocycles. The first kappa shape index (κ1) is 16.4. The van der Waals surface area contributed by atoms with Crippen LogP contribution in [-0.2, 0) is 4.79 Å². The maximum absolute atomic E-state index is 10.2. The Kier molecular flexibility index (Phi) is 13.0. The molecule has 1 nitrogen and oxygen atoms in total. The van der Waals surface area contributed by atoms with Crippen LogP contribution in [0.5, 0.6) is 0 Å². The zero-order valence-corrected chi connectivity index (χ0v) is 11.8. The molecule has 0 heterocycles. The van der Waals surface area contributed by atoms with Crippen LogP contribution in [0.1, 0.15) is 84.5 Å². The van der Waals surface area contributed by atoms with E-state index in [4.69, 9.17) is 0 Å². The summed E-state index contributed by atoms with van der Waals surface area (Å²) < 4.78 is 0. The van der Waals surface area contributed by atoms with E-state index in [1.54, 1.807) is 0 Å². The lowest BCUT2D eigenvalue weighted by molar-refractivity contribution is -0.107. The van der Waals surface area contributed by atoms with Crippen LogP contribution in [0.15, 0.2) is 11.6 Å². The van der Waals surface area contributed by atoms with E-state index in [9.17, 15) is 4.79 Å². The molecule has 0 rings (SSSR count). The smallest absolute Gasteiger partial charge is 0.120 e. The fourth-order valence-electron chi connectivity index (χ4n) is 2.02. The molecule has 0 aromatic heterocycles. The second-order valence-corrected chi connectivity index (χ2v) is 5.02. The summed E-state index contributed by atoms with van der Waals surface area (Å²) in [6.45, 7) is 4.45. The third-order valence-corrected chi connectivity index (χ3v) is 3.19. The third-order valence-electron chi connectivity index (χ3n) is 3.19. The van der Waals surface area contributed by atoms with Crippen molar-refractivity contribution in [2.75, 3.05) is 0 Å². The van der Waals surface area contributed by atoms with Gasteiger partial charge in [0, 0.05) is 6.42 Å². The second kappa shape index (κ2) is 13.5. The number of hydrogen-bond acceptors (Lipinski definition) is 1. The van der Waals surface area contributed by atoms with Gasteiger partial charge >= 0.3 is 0 Å². The molecule has 17 heavy (non-hydrogen) atoms. The van der Waals surface area contributed by atoms with Gasteiger partial charge in [0.1, 0.15) is 6.29 Å². The van der Waals surface area contributed by atoms with E-state index in [1.165, 1.54) is 56.9 Å². The second-order valence-electron chi connectivity index (χ2n) is 5.02. The van der Waals surface area contributed by atoms with Gasteiger partial charge in [-0.25, -0.2) is 0 Å². The Morgan fingerprint density at radius 2 is 1.53 bits per heavy atom. The van der Waals surface area contributed by atoms with Crippen molar-refractivity contribution in [1.82, 2.24) is 0 Å². The summed E-state index contributed by atoms with van der Waals surface area (Å²) in [5.41, 5.74) is 1.46. The largest absolute Gasteiger partial charge is 0.303 e. The summed E-state index contributed by atoms with van der Waals surface area (Å²) in [7, 11) is 0. The maximum atomic E-state index is 10.2. The van der Waals surface area contributed by atoms with Crippen LogP contribution in [0.3, 0.4) is 0 Å². The SMILES string of the molecule is CCCCCCCCC/C=C(\C)CCCC=O. The fraction of sp³-hybridized carbons (Fsp3) is 0.812. The first-order valence-electron chi connectivity index (χ1n) is 7.40. The molecular weight excluding hydrogens is 208 g/mol. The van der Waals surface area contributed by atoms with E-state index in [0.717, 1.165) is 19.1 Å². The normalized spacial score (nSPS) is 11.8. The van der Waals surface area contributed by atoms with E-state index < -0.39 is 0 Å². The van der Waals surface area contributed by atoms with Crippen molar-refractivity contribution in [1.29, 1.82) is 0 Å². The van der Waals surface area contributed by atoms with Crippen LogP contribution in [0, 0.1) is 0 Å². The van der Waals surface area contributed by atoms with Crippen LogP contribution in [0.4, 0.5) is 0 Å². The Bertz CT molecular complexity index is 194. The number of carbonyl (C=O) groups is 1. The Labute approximate surface area is 108 Å². The average Bonchev–Trinajstić information content (AvgIpc) is 2.33. The number of aldehydes is 1. The molecule has 0 aromatic carbocycles. The van der Waals surface area contributed by atoms with Crippen molar-refractivity contribution >= 4 is 6.29 Å². The molecule has 100 valence electrons. The van der Waals surface area contributed by atoms with Crippen molar-refractivity contribution in [3.05, 3.63) is 11.6 Å². The minimum Gasteiger partial charge on any atom is -0.303 e. The predicted octanol–water partition coefficient (Wildman–Crippen LogP) is 5.44. The van der Waals surface area contributed by atoms with Gasteiger partial charge in [-0.1, -0.05) is 57.1 Å². The summed E-state index contributed by atoms with van der Waals surface area (Å²) in [6.07, 6.45) is 17.1. The van der Waals surface area contributed by atoms with Crippen LogP contribution in [-0.4, -0.2) is 6.29 Å². The topological polar surface area (TPSA) is 17.1 Å². The number of unbranched alkanes of at least 4 members (excludes halogenated alkanes) is 8. The lowest BCUT2D eigenvalue weighted by atomic mass is 10.1. The predicted molar refractivity (Wildman–Crippen MR) is 76.3 cm³/mol. The maximum Gasteiger partial charge on any atom is 0.120 e. The third kappa shape index (κ3) is 13.3. The monoisotopic (exact) mass is 238 g/mol. The van der Waals surface area contributed by atoms with Gasteiger partial charge in [-0.15, -0.1) is 0 Å². The molecule has 0 aromatic rings. The Balaban J connectivity index is 3.24. The summed E-state index contributed by atoms with van der Waals surface area (Å²) in [6, 6.07) is 0. The van der Waals surface area contributed by atoms with Crippen molar-refractivity contribution in [3.8, 4) is 0 Å². The lowest BCUT2D eigenvalue weighted by Crippen LogP contribution is -1.82. The molecule has 0 amide bonds. The van der Waals surface area contributed by atoms with Gasteiger partial charge in [0.2, 0.25) is 0 Å². The molecule has 0 fully saturated rings. The molecule has 0 radical (unpaired) electrons. The van der Waals surface area contributed by atoms with Gasteiger partial charge in [0.15, 0.2) is 0 Å². The van der Waals surface area contributed by atoms with Gasteiger partial charge in [-0.05, 0) is 32.6 Å². The average molecular weight is 238 g/mol. The number of allylic oxidation sites excluding steroid dienone is 2. The van der Waals surface area contributed by atoms with Gasteiger partial charge in [0.25, 0.3) is 0 Å². The number of hydrogen-bond donors (Lipinski definition) is 0. The molecule has 0 aliphatic rings. The van der Waals surface area contributed by atoms with E-state index >= 15 is 0 Å². The first-order chi connectivity index (χ1) is 8.31. The molecule has 0 aliphatic heterocycles. The molecule has 1 heteroatoms. The Morgan fingerprint density at radius 3 is 2.18 bits per heavy atom. The zero-order chi connectivity index (χ0) is 12.8. The van der Waals surface area contributed by atoms with Gasteiger partial charge in [-0.3, -0.25) is 0 Å². The highest BCUT2D eigenvalue weighted by Crippen LogP contribution is 2.11. The number of rotatable bonds is 12. The summed E-state index contributed by atoms with van der Waals surface area (Å²) in [4.78, 5) is 10.2. The zero-order valence-electron chi connectivity index (χ0n) is 11.8. The summed E-state index contributed by atoms with van der Waals surface area (Å²) in [5.74, 6) is 0. The van der Waals surface area contributed by atoms with E-state index in [0.29, 0.717) is 6.42 Å². The van der Waals surface area contributed by atoms with Gasteiger partial charge < -0.3 is 4.79 Å². The number of carbonyl (C=O) groups excluding carboxylic acids is 1. The molecule has 0 spiro atoms. The Morgan fingerprint density at radius 1 is 0.882 bits per heavy atom. The molecule has 0 bridgehead atoms. The standard InChI is InChI=1S/C16H30O/c1-3-4-5-6-7-8-9-10-13-16(2)14-11-12-15-17/h13,15H,3-12,14H2,1-2H3/b16-13+. The van der Waals surface area contributed by atoms with Crippen LogP contribution < -0.4 is 0 Å². The van der Waals surface area contributed by atoms with Crippen LogP contribution in [0.25, 0.3) is 0 Å². The van der Waals surface area contributed by atoms with Gasteiger partial charge in [-0.2, -0.15) is 0 Å². The lowest BCUT2D eigenvalue weighted by Gasteiger charge is -2.01. The quantitative estimate of drug-likeness (QED) is 0.251. The van der Waals surface area contributed by atoms with E-state index in [1.807, 2.05) is 0 Å². The van der Waals surface area contributed by atoms with Crippen molar-refractivity contribution in [2.45, 2.75) is 84.5 Å². The molecule has 0 atom stereocenters. The summed E-state index contributed by atoms with van der Waals surface area (Å²) in [5, 5.41) is 0.